The molecule has 0 aliphatic heterocycles. The predicted octanol–water partition coefficient (Wildman–Crippen LogP) is 4.14. The lowest BCUT2D eigenvalue weighted by molar-refractivity contribution is 0.0955. The SMILES string of the molecule is COc1ccc(/C(C)=N\NC(=O)c2ccc(F)cc2)c2ccccc12. The van der Waals surface area contributed by atoms with Crippen LogP contribution in [0.2, 0.25) is 0 Å². The maximum Gasteiger partial charge on any atom is 0.271 e. The summed E-state index contributed by atoms with van der Waals surface area (Å²) >= 11 is 0. The number of nitrogens with one attached hydrogen (secondary N) is 1. The second kappa shape index (κ2) is 7.13. The topological polar surface area (TPSA) is 50.7 Å². The highest BCUT2D eigenvalue weighted by molar-refractivity contribution is 6.11. The monoisotopic (exact) mass is 336 g/mol. The summed E-state index contributed by atoms with van der Waals surface area (Å²) in [5, 5.41) is 6.14. The van der Waals surface area contributed by atoms with E-state index in [4.69, 9.17) is 4.74 Å². The fourth-order valence-electron chi connectivity index (χ4n) is 2.63. The van der Waals surface area contributed by atoms with Crippen LogP contribution in [0.3, 0.4) is 0 Å². The molecule has 0 aliphatic rings. The van der Waals surface area contributed by atoms with Crippen LogP contribution in [-0.4, -0.2) is 18.7 Å². The van der Waals surface area contributed by atoms with E-state index in [0.29, 0.717) is 11.3 Å². The molecule has 0 atom stereocenters. The van der Waals surface area contributed by atoms with Crippen molar-refractivity contribution in [2.75, 3.05) is 7.11 Å². The van der Waals surface area contributed by atoms with Crippen molar-refractivity contribution in [2.24, 2.45) is 5.10 Å². The molecular weight excluding hydrogens is 319 g/mol. The highest BCUT2D eigenvalue weighted by Crippen LogP contribution is 2.28. The van der Waals surface area contributed by atoms with Crippen LogP contribution in [-0.2, 0) is 0 Å². The molecule has 3 aromatic carbocycles. The lowest BCUT2D eigenvalue weighted by Gasteiger charge is -2.10. The minimum atomic E-state index is -0.392. The Hall–Kier alpha value is -3.21. The molecule has 0 unspecified atom stereocenters. The van der Waals surface area contributed by atoms with Gasteiger partial charge in [0.15, 0.2) is 0 Å². The Morgan fingerprint density at radius 1 is 1.00 bits per heavy atom. The first-order valence-corrected chi connectivity index (χ1v) is 7.76. The quantitative estimate of drug-likeness (QED) is 0.575. The van der Waals surface area contributed by atoms with Gasteiger partial charge in [-0.1, -0.05) is 24.3 Å². The van der Waals surface area contributed by atoms with E-state index < -0.39 is 5.91 Å². The molecule has 1 N–H and O–H groups in total. The van der Waals surface area contributed by atoms with Crippen molar-refractivity contribution in [3.8, 4) is 5.75 Å². The van der Waals surface area contributed by atoms with Gasteiger partial charge in [-0.2, -0.15) is 5.10 Å². The molecule has 0 fully saturated rings. The van der Waals surface area contributed by atoms with Crippen molar-refractivity contribution in [3.63, 3.8) is 0 Å². The van der Waals surface area contributed by atoms with E-state index >= 15 is 0 Å². The molecular formula is C20H17FN2O2. The summed E-state index contributed by atoms with van der Waals surface area (Å²) in [6.07, 6.45) is 0. The van der Waals surface area contributed by atoms with Gasteiger partial charge in [-0.05, 0) is 48.7 Å². The molecule has 1 amide bonds. The fraction of sp³-hybridized carbons (Fsp3) is 0.100. The molecule has 4 nitrogen and oxygen atoms in total. The van der Waals surface area contributed by atoms with Crippen LogP contribution in [0.4, 0.5) is 4.39 Å². The number of methoxy groups -OCH3 is 1. The lowest BCUT2D eigenvalue weighted by Crippen LogP contribution is -2.19. The number of amides is 1. The van der Waals surface area contributed by atoms with Gasteiger partial charge in [0.1, 0.15) is 11.6 Å². The maximum absolute atomic E-state index is 12.9. The maximum atomic E-state index is 12.9. The van der Waals surface area contributed by atoms with Crippen LogP contribution in [0, 0.1) is 5.82 Å². The second-order valence-electron chi connectivity index (χ2n) is 5.51. The Kier molecular flexibility index (Phi) is 4.75. The highest BCUT2D eigenvalue weighted by Gasteiger charge is 2.09. The van der Waals surface area contributed by atoms with Crippen LogP contribution < -0.4 is 10.2 Å². The van der Waals surface area contributed by atoms with Crippen molar-refractivity contribution in [1.82, 2.24) is 5.43 Å². The highest BCUT2D eigenvalue weighted by atomic mass is 19.1. The zero-order chi connectivity index (χ0) is 17.8. The number of rotatable bonds is 4. The third-order valence-corrected chi connectivity index (χ3v) is 3.93. The van der Waals surface area contributed by atoms with E-state index in [1.54, 1.807) is 7.11 Å². The summed E-state index contributed by atoms with van der Waals surface area (Å²) < 4.78 is 18.3. The molecule has 0 heterocycles. The summed E-state index contributed by atoms with van der Waals surface area (Å²) in [6.45, 7) is 1.82. The molecule has 0 spiro atoms. The van der Waals surface area contributed by atoms with E-state index in [2.05, 4.69) is 10.5 Å². The summed E-state index contributed by atoms with van der Waals surface area (Å²) in [5.41, 5.74) is 4.41. The van der Waals surface area contributed by atoms with Gasteiger partial charge < -0.3 is 4.74 Å². The smallest absolute Gasteiger partial charge is 0.271 e. The molecule has 3 aromatic rings. The van der Waals surface area contributed by atoms with Crippen LogP contribution in [0.25, 0.3) is 10.8 Å². The van der Waals surface area contributed by atoms with Crippen LogP contribution >= 0.6 is 0 Å². The van der Waals surface area contributed by atoms with Gasteiger partial charge in [0.25, 0.3) is 5.91 Å². The molecule has 0 radical (unpaired) electrons. The average Bonchev–Trinajstić information content (AvgIpc) is 2.65. The first kappa shape index (κ1) is 16.6. The largest absolute Gasteiger partial charge is 0.496 e. The Morgan fingerprint density at radius 2 is 1.68 bits per heavy atom. The molecule has 126 valence electrons. The Labute approximate surface area is 144 Å². The van der Waals surface area contributed by atoms with Gasteiger partial charge in [-0.15, -0.1) is 0 Å². The van der Waals surface area contributed by atoms with E-state index in [0.717, 1.165) is 22.1 Å². The normalized spacial score (nSPS) is 11.4. The zero-order valence-corrected chi connectivity index (χ0v) is 13.9. The molecule has 25 heavy (non-hydrogen) atoms. The number of ether oxygens (including phenoxy) is 1. The lowest BCUT2D eigenvalue weighted by atomic mass is 10.0. The summed E-state index contributed by atoms with van der Waals surface area (Å²) in [4.78, 5) is 12.1. The molecule has 5 heteroatoms. The number of fused-ring (bicyclic) bond motifs is 1. The van der Waals surface area contributed by atoms with Gasteiger partial charge in [0.2, 0.25) is 0 Å². The van der Waals surface area contributed by atoms with Crippen molar-refractivity contribution in [1.29, 1.82) is 0 Å². The van der Waals surface area contributed by atoms with Crippen LogP contribution in [0.1, 0.15) is 22.8 Å². The van der Waals surface area contributed by atoms with Gasteiger partial charge in [0.05, 0.1) is 12.8 Å². The van der Waals surface area contributed by atoms with Gasteiger partial charge >= 0.3 is 0 Å². The third-order valence-electron chi connectivity index (χ3n) is 3.93. The Bertz CT molecular complexity index is 950. The first-order valence-electron chi connectivity index (χ1n) is 7.76. The second-order valence-corrected chi connectivity index (χ2v) is 5.51. The standard InChI is InChI=1S/C20H17FN2O2/c1-13(22-23-20(24)14-7-9-15(21)10-8-14)16-11-12-19(25-2)18-6-4-3-5-17(16)18/h3-12H,1-2H3,(H,23,24)/b22-13-. The molecule has 0 saturated carbocycles. The average molecular weight is 336 g/mol. The number of carbonyl (C=O) groups excluding carboxylic acids is 1. The van der Waals surface area contributed by atoms with Gasteiger partial charge in [-0.25, -0.2) is 9.82 Å². The Morgan fingerprint density at radius 3 is 2.36 bits per heavy atom. The van der Waals surface area contributed by atoms with Crippen LogP contribution in [0.15, 0.2) is 65.8 Å². The minimum Gasteiger partial charge on any atom is -0.496 e. The number of halogens is 1. The van der Waals surface area contributed by atoms with E-state index in [1.807, 2.05) is 43.3 Å². The third kappa shape index (κ3) is 3.50. The summed E-state index contributed by atoms with van der Waals surface area (Å²) in [7, 11) is 1.63. The molecule has 0 saturated heterocycles. The van der Waals surface area contributed by atoms with E-state index in [9.17, 15) is 9.18 Å². The summed E-state index contributed by atoms with van der Waals surface area (Å²) in [6, 6.07) is 16.9. The minimum absolute atomic E-state index is 0.345. The van der Waals surface area contributed by atoms with Gasteiger partial charge in [-0.3, -0.25) is 4.79 Å². The molecule has 0 aliphatic carbocycles. The predicted molar refractivity (Wildman–Crippen MR) is 96.6 cm³/mol. The fourth-order valence-corrected chi connectivity index (χ4v) is 2.63. The zero-order valence-electron chi connectivity index (χ0n) is 13.9. The van der Waals surface area contributed by atoms with Crippen molar-refractivity contribution in [2.45, 2.75) is 6.92 Å². The molecule has 3 rings (SSSR count). The van der Waals surface area contributed by atoms with Crippen LogP contribution in [0.5, 0.6) is 5.75 Å². The van der Waals surface area contributed by atoms with E-state index in [1.165, 1.54) is 24.3 Å². The van der Waals surface area contributed by atoms with Gasteiger partial charge in [0, 0.05) is 16.5 Å². The van der Waals surface area contributed by atoms with Crippen molar-refractivity contribution in [3.05, 3.63) is 77.6 Å². The Balaban J connectivity index is 1.89. The first-order chi connectivity index (χ1) is 12.1. The molecule has 0 bridgehead atoms. The van der Waals surface area contributed by atoms with Crippen molar-refractivity contribution < 1.29 is 13.9 Å². The summed E-state index contributed by atoms with van der Waals surface area (Å²) in [5.74, 6) is 0.000555. The van der Waals surface area contributed by atoms with E-state index in [-0.39, 0.29) is 5.82 Å². The number of carbonyl (C=O) groups is 1. The number of hydrogen-bond donors (Lipinski definition) is 1. The molecule has 0 aromatic heterocycles. The number of hydrogen-bond acceptors (Lipinski definition) is 3. The number of benzene rings is 3. The number of hydrazone groups is 1. The number of nitrogens with zero attached hydrogens (tertiary/aromatic N) is 1. The van der Waals surface area contributed by atoms with Crippen molar-refractivity contribution >= 4 is 22.4 Å².